The van der Waals surface area contributed by atoms with E-state index in [9.17, 15) is 4.79 Å². The van der Waals surface area contributed by atoms with Gasteiger partial charge in [0.2, 0.25) is 0 Å². The van der Waals surface area contributed by atoms with E-state index >= 15 is 0 Å². The minimum atomic E-state index is -0.443. The maximum Gasteiger partial charge on any atom is 0.410 e. The second kappa shape index (κ2) is 5.43. The first-order valence-corrected chi connectivity index (χ1v) is 6.28. The molecular weight excluding hydrogens is 228 g/mol. The Morgan fingerprint density at radius 1 is 1.39 bits per heavy atom. The molecule has 100 valence electrons. The zero-order chi connectivity index (χ0) is 13.8. The van der Waals surface area contributed by atoms with Crippen LogP contribution in [0.15, 0.2) is 12.3 Å². The highest BCUT2D eigenvalue weighted by Gasteiger charge is 2.31. The van der Waals surface area contributed by atoms with Gasteiger partial charge < -0.3 is 9.64 Å². The zero-order valence-corrected chi connectivity index (χ0v) is 11.7. The lowest BCUT2D eigenvalue weighted by Gasteiger charge is -2.38. The summed E-state index contributed by atoms with van der Waals surface area (Å²) < 4.78 is 5.35. The molecule has 0 aromatic carbocycles. The standard InChI is InChI=1S/C14H22N2O2/c1-13(2,3)18-12(17)16-10-7-14(4,8-11-16)6-9-15-5/h6,9H,7-8,10-11H2,1-4H3/b9-6+. The van der Waals surface area contributed by atoms with Gasteiger partial charge in [0.25, 0.3) is 0 Å². The van der Waals surface area contributed by atoms with Crippen LogP contribution < -0.4 is 0 Å². The molecule has 0 aromatic rings. The summed E-state index contributed by atoms with van der Waals surface area (Å²) in [6, 6.07) is 0. The maximum atomic E-state index is 11.9. The number of likely N-dealkylation sites (tertiary alicyclic amines) is 1. The summed E-state index contributed by atoms with van der Waals surface area (Å²) in [7, 11) is 0. The van der Waals surface area contributed by atoms with Crippen LogP contribution in [0.2, 0.25) is 0 Å². The number of nitrogens with zero attached hydrogens (tertiary/aromatic N) is 2. The molecule has 4 heteroatoms. The SMILES string of the molecule is [C-]#[N+]/C=C/C1(C)CCN(C(=O)OC(C)(C)C)CC1. The van der Waals surface area contributed by atoms with E-state index in [4.69, 9.17) is 11.3 Å². The van der Waals surface area contributed by atoms with Gasteiger partial charge in [-0.2, -0.15) is 0 Å². The minimum Gasteiger partial charge on any atom is -0.444 e. The van der Waals surface area contributed by atoms with E-state index in [-0.39, 0.29) is 11.5 Å². The summed E-state index contributed by atoms with van der Waals surface area (Å²) in [6.07, 6.45) is 4.98. The predicted molar refractivity (Wildman–Crippen MR) is 70.9 cm³/mol. The molecule has 0 spiro atoms. The van der Waals surface area contributed by atoms with E-state index in [0.717, 1.165) is 12.8 Å². The number of carbonyl (C=O) groups is 1. The number of allylic oxidation sites excluding steroid dienone is 1. The second-order valence-electron chi connectivity index (χ2n) is 6.07. The molecule has 1 amide bonds. The molecule has 0 N–H and O–H groups in total. The Balaban J connectivity index is 2.52. The molecule has 1 rings (SSSR count). The Morgan fingerprint density at radius 2 is 1.94 bits per heavy atom. The third kappa shape index (κ3) is 4.40. The van der Waals surface area contributed by atoms with Crippen LogP contribution in [0.1, 0.15) is 40.5 Å². The third-order valence-corrected chi connectivity index (χ3v) is 3.11. The van der Waals surface area contributed by atoms with E-state index in [1.807, 2.05) is 26.8 Å². The minimum absolute atomic E-state index is 0.0308. The van der Waals surface area contributed by atoms with Gasteiger partial charge in [-0.25, -0.2) is 9.64 Å². The van der Waals surface area contributed by atoms with Gasteiger partial charge in [-0.05, 0) is 39.0 Å². The van der Waals surface area contributed by atoms with Crippen LogP contribution in [0.4, 0.5) is 4.79 Å². The molecule has 0 radical (unpaired) electrons. The number of rotatable bonds is 1. The number of carbonyl (C=O) groups excluding carboxylic acids is 1. The van der Waals surface area contributed by atoms with Crippen LogP contribution in [0.25, 0.3) is 4.85 Å². The monoisotopic (exact) mass is 250 g/mol. The Hall–Kier alpha value is -1.50. The molecule has 0 unspecified atom stereocenters. The summed E-state index contributed by atoms with van der Waals surface area (Å²) in [6.45, 7) is 15.9. The summed E-state index contributed by atoms with van der Waals surface area (Å²) in [5.41, 5.74) is -0.412. The van der Waals surface area contributed by atoms with Crippen LogP contribution >= 0.6 is 0 Å². The third-order valence-electron chi connectivity index (χ3n) is 3.11. The number of piperidine rings is 1. The van der Waals surface area contributed by atoms with Gasteiger partial charge in [0.05, 0.1) is 6.57 Å². The molecular formula is C14H22N2O2. The van der Waals surface area contributed by atoms with Crippen LogP contribution in [0.5, 0.6) is 0 Å². The normalized spacial score (nSPS) is 19.6. The molecule has 0 saturated carbocycles. The summed E-state index contributed by atoms with van der Waals surface area (Å²) >= 11 is 0. The number of amides is 1. The Kier molecular flexibility index (Phi) is 4.39. The van der Waals surface area contributed by atoms with Gasteiger partial charge in [-0.15, -0.1) is 0 Å². The molecule has 1 fully saturated rings. The highest BCUT2D eigenvalue weighted by atomic mass is 16.6. The average molecular weight is 250 g/mol. The van der Waals surface area contributed by atoms with Crippen molar-refractivity contribution in [3.63, 3.8) is 0 Å². The van der Waals surface area contributed by atoms with E-state index in [0.29, 0.717) is 13.1 Å². The molecule has 1 aliphatic rings. The van der Waals surface area contributed by atoms with Crippen molar-refractivity contribution in [2.75, 3.05) is 13.1 Å². The lowest BCUT2D eigenvalue weighted by Crippen LogP contribution is -2.43. The quantitative estimate of drug-likeness (QED) is 0.668. The van der Waals surface area contributed by atoms with Crippen molar-refractivity contribution in [3.05, 3.63) is 23.7 Å². The van der Waals surface area contributed by atoms with Crippen molar-refractivity contribution in [2.24, 2.45) is 5.41 Å². The van der Waals surface area contributed by atoms with Crippen molar-refractivity contribution in [2.45, 2.75) is 46.1 Å². The Labute approximate surface area is 109 Å². The fraction of sp³-hybridized carbons (Fsp3) is 0.714. The first-order valence-electron chi connectivity index (χ1n) is 6.28. The van der Waals surface area contributed by atoms with E-state index < -0.39 is 5.60 Å². The molecule has 1 heterocycles. The highest BCUT2D eigenvalue weighted by Crippen LogP contribution is 2.32. The summed E-state index contributed by atoms with van der Waals surface area (Å²) in [5, 5.41) is 0. The van der Waals surface area contributed by atoms with Crippen LogP contribution in [-0.4, -0.2) is 29.7 Å². The van der Waals surface area contributed by atoms with Crippen molar-refractivity contribution in [1.82, 2.24) is 4.90 Å². The first-order chi connectivity index (χ1) is 8.26. The second-order valence-corrected chi connectivity index (χ2v) is 6.07. The lowest BCUT2D eigenvalue weighted by molar-refractivity contribution is 0.0155. The van der Waals surface area contributed by atoms with Gasteiger partial charge in [0.1, 0.15) is 5.60 Å². The van der Waals surface area contributed by atoms with E-state index in [1.54, 1.807) is 4.90 Å². The van der Waals surface area contributed by atoms with Gasteiger partial charge >= 0.3 is 6.09 Å². The van der Waals surface area contributed by atoms with Crippen LogP contribution in [0.3, 0.4) is 0 Å². The van der Waals surface area contributed by atoms with Gasteiger partial charge in [0.15, 0.2) is 6.20 Å². The Bertz CT molecular complexity index is 366. The van der Waals surface area contributed by atoms with E-state index in [1.165, 1.54) is 6.20 Å². The fourth-order valence-corrected chi connectivity index (χ4v) is 1.91. The maximum absolute atomic E-state index is 11.9. The molecule has 18 heavy (non-hydrogen) atoms. The zero-order valence-electron chi connectivity index (χ0n) is 11.7. The van der Waals surface area contributed by atoms with Gasteiger partial charge in [0, 0.05) is 13.1 Å². The number of hydrogen-bond donors (Lipinski definition) is 0. The van der Waals surface area contributed by atoms with E-state index in [2.05, 4.69) is 11.8 Å². The van der Waals surface area contributed by atoms with Crippen LogP contribution in [-0.2, 0) is 4.74 Å². The fourth-order valence-electron chi connectivity index (χ4n) is 1.91. The molecule has 0 atom stereocenters. The van der Waals surface area contributed by atoms with Crippen molar-refractivity contribution < 1.29 is 9.53 Å². The highest BCUT2D eigenvalue weighted by molar-refractivity contribution is 5.68. The molecule has 4 nitrogen and oxygen atoms in total. The topological polar surface area (TPSA) is 33.9 Å². The predicted octanol–water partition coefficient (Wildman–Crippen LogP) is 3.46. The summed E-state index contributed by atoms with van der Waals surface area (Å²) in [4.78, 5) is 16.9. The molecule has 0 bridgehead atoms. The van der Waals surface area contributed by atoms with Crippen molar-refractivity contribution >= 4 is 6.09 Å². The molecule has 1 saturated heterocycles. The van der Waals surface area contributed by atoms with Gasteiger partial charge in [-0.3, -0.25) is 0 Å². The van der Waals surface area contributed by atoms with Crippen molar-refractivity contribution in [3.8, 4) is 0 Å². The van der Waals surface area contributed by atoms with Crippen LogP contribution in [0, 0.1) is 12.0 Å². The Morgan fingerprint density at radius 3 is 2.39 bits per heavy atom. The largest absolute Gasteiger partial charge is 0.444 e. The van der Waals surface area contributed by atoms with Gasteiger partial charge in [-0.1, -0.05) is 13.0 Å². The smallest absolute Gasteiger partial charge is 0.410 e. The summed E-state index contributed by atoms with van der Waals surface area (Å²) in [5.74, 6) is 0. The first kappa shape index (κ1) is 14.6. The molecule has 0 aliphatic carbocycles. The number of ether oxygens (including phenoxy) is 1. The number of hydrogen-bond acceptors (Lipinski definition) is 2. The van der Waals surface area contributed by atoms with Crippen molar-refractivity contribution in [1.29, 1.82) is 0 Å². The average Bonchev–Trinajstić information content (AvgIpc) is 2.25. The lowest BCUT2D eigenvalue weighted by atomic mass is 9.80. The molecule has 1 aliphatic heterocycles. The molecule has 0 aromatic heterocycles.